The van der Waals surface area contributed by atoms with Crippen LogP contribution in [0.25, 0.3) is 0 Å². The molecule has 5 nitrogen and oxygen atoms in total. The van der Waals surface area contributed by atoms with E-state index in [1.807, 2.05) is 17.2 Å². The number of fused-ring (bicyclic) bond motifs is 2. The van der Waals surface area contributed by atoms with E-state index in [1.165, 1.54) is 24.9 Å². The highest BCUT2D eigenvalue weighted by atomic mass is 32.2. The van der Waals surface area contributed by atoms with Gasteiger partial charge in [0, 0.05) is 17.9 Å². The molecule has 1 aliphatic heterocycles. The first-order valence-electron chi connectivity index (χ1n) is 9.14. The van der Waals surface area contributed by atoms with Crippen LogP contribution < -0.4 is 15.0 Å². The van der Waals surface area contributed by atoms with Gasteiger partial charge in [0.25, 0.3) is 0 Å². The second-order valence-electron chi connectivity index (χ2n) is 7.07. The van der Waals surface area contributed by atoms with E-state index >= 15 is 0 Å². The van der Waals surface area contributed by atoms with Gasteiger partial charge in [-0.2, -0.15) is 4.39 Å². The molecule has 2 aromatic rings. The SMILES string of the molecule is COc1c(N2C3CCC(C3)C2C(=O)Nc2ccnc(SC)c2)ccc(F)c1F. The zero-order chi connectivity index (χ0) is 19.8. The van der Waals surface area contributed by atoms with E-state index in [-0.39, 0.29) is 23.6 Å². The van der Waals surface area contributed by atoms with Crippen LogP contribution in [0.3, 0.4) is 0 Å². The van der Waals surface area contributed by atoms with Crippen LogP contribution in [-0.2, 0) is 4.79 Å². The second kappa shape index (κ2) is 7.58. The van der Waals surface area contributed by atoms with Gasteiger partial charge >= 0.3 is 0 Å². The molecule has 148 valence electrons. The monoisotopic (exact) mass is 405 g/mol. The summed E-state index contributed by atoms with van der Waals surface area (Å²) in [7, 11) is 1.31. The Kier molecular flexibility index (Phi) is 5.14. The molecule has 1 amide bonds. The standard InChI is InChI=1S/C20H21F2N3O2S/c1-27-19-15(6-5-14(21)17(19)22)25-13-4-3-11(9-13)18(25)20(26)24-12-7-8-23-16(10-12)28-2/h5-8,10-11,13,18H,3-4,9H2,1-2H3,(H,23,24,26). The van der Waals surface area contributed by atoms with Gasteiger partial charge in [0.15, 0.2) is 11.6 Å². The average Bonchev–Trinajstić information content (AvgIpc) is 3.31. The van der Waals surface area contributed by atoms with Crippen molar-refractivity contribution in [3.05, 3.63) is 42.1 Å². The first-order chi connectivity index (χ1) is 13.5. The van der Waals surface area contributed by atoms with Crippen LogP contribution in [0.5, 0.6) is 5.75 Å². The molecular weight excluding hydrogens is 384 g/mol. The molecule has 0 spiro atoms. The van der Waals surface area contributed by atoms with Crippen LogP contribution in [0.2, 0.25) is 0 Å². The van der Waals surface area contributed by atoms with Crippen LogP contribution in [0.1, 0.15) is 19.3 Å². The molecule has 1 saturated heterocycles. The van der Waals surface area contributed by atoms with Crippen molar-refractivity contribution in [1.82, 2.24) is 4.98 Å². The number of benzene rings is 1. The molecule has 1 aromatic carbocycles. The third-order valence-electron chi connectivity index (χ3n) is 5.58. The molecule has 1 N–H and O–H groups in total. The summed E-state index contributed by atoms with van der Waals surface area (Å²) in [6, 6.07) is 5.80. The Morgan fingerprint density at radius 3 is 2.89 bits per heavy atom. The Labute approximate surface area is 166 Å². The van der Waals surface area contributed by atoms with Crippen molar-refractivity contribution < 1.29 is 18.3 Å². The van der Waals surface area contributed by atoms with E-state index in [0.717, 1.165) is 30.4 Å². The minimum Gasteiger partial charge on any atom is -0.491 e. The maximum absolute atomic E-state index is 14.3. The summed E-state index contributed by atoms with van der Waals surface area (Å²) in [5, 5.41) is 3.77. The Bertz CT molecular complexity index is 911. The lowest BCUT2D eigenvalue weighted by molar-refractivity contribution is -0.118. The number of nitrogens with one attached hydrogen (secondary N) is 1. The van der Waals surface area contributed by atoms with Crippen molar-refractivity contribution in [2.75, 3.05) is 23.6 Å². The molecule has 4 rings (SSSR count). The highest BCUT2D eigenvalue weighted by Crippen LogP contribution is 2.48. The van der Waals surface area contributed by atoms with Crippen LogP contribution in [-0.4, -0.2) is 36.3 Å². The molecule has 2 fully saturated rings. The van der Waals surface area contributed by atoms with Crippen LogP contribution in [0.15, 0.2) is 35.5 Å². The van der Waals surface area contributed by atoms with E-state index in [4.69, 9.17) is 4.74 Å². The summed E-state index contributed by atoms with van der Waals surface area (Å²) in [5.41, 5.74) is 1.10. The molecule has 3 atom stereocenters. The number of thioether (sulfide) groups is 1. The van der Waals surface area contributed by atoms with Gasteiger partial charge in [-0.1, -0.05) is 0 Å². The summed E-state index contributed by atoms with van der Waals surface area (Å²) in [6.07, 6.45) is 6.28. The molecule has 3 unspecified atom stereocenters. The van der Waals surface area contributed by atoms with Crippen molar-refractivity contribution in [2.45, 2.75) is 36.4 Å². The van der Waals surface area contributed by atoms with Crippen molar-refractivity contribution in [3.8, 4) is 5.75 Å². The molecule has 1 saturated carbocycles. The number of carbonyl (C=O) groups excluding carboxylic acids is 1. The number of hydrogen-bond acceptors (Lipinski definition) is 5. The number of pyridine rings is 1. The summed E-state index contributed by atoms with van der Waals surface area (Å²) in [5.74, 6) is -2.13. The third kappa shape index (κ3) is 3.19. The topological polar surface area (TPSA) is 54.5 Å². The van der Waals surface area contributed by atoms with Crippen molar-refractivity contribution in [2.24, 2.45) is 5.92 Å². The fourth-order valence-electron chi connectivity index (χ4n) is 4.41. The molecule has 2 aliphatic rings. The van der Waals surface area contributed by atoms with Gasteiger partial charge in [-0.25, -0.2) is 9.37 Å². The molecule has 2 bridgehead atoms. The Hall–Kier alpha value is -2.35. The number of rotatable bonds is 5. The van der Waals surface area contributed by atoms with Crippen molar-refractivity contribution >= 4 is 29.0 Å². The van der Waals surface area contributed by atoms with Gasteiger partial charge in [-0.3, -0.25) is 4.79 Å². The first kappa shape index (κ1) is 19.0. The van der Waals surface area contributed by atoms with Crippen molar-refractivity contribution in [3.63, 3.8) is 0 Å². The van der Waals surface area contributed by atoms with Gasteiger partial charge < -0.3 is 15.0 Å². The Morgan fingerprint density at radius 1 is 1.32 bits per heavy atom. The van der Waals surface area contributed by atoms with E-state index in [9.17, 15) is 13.6 Å². The van der Waals surface area contributed by atoms with Gasteiger partial charge in [0.2, 0.25) is 11.7 Å². The summed E-state index contributed by atoms with van der Waals surface area (Å²) < 4.78 is 33.1. The number of carbonyl (C=O) groups is 1. The highest BCUT2D eigenvalue weighted by molar-refractivity contribution is 7.98. The lowest BCUT2D eigenvalue weighted by Gasteiger charge is -2.37. The summed E-state index contributed by atoms with van der Waals surface area (Å²) in [4.78, 5) is 19.3. The van der Waals surface area contributed by atoms with Gasteiger partial charge in [0.05, 0.1) is 17.8 Å². The summed E-state index contributed by atoms with van der Waals surface area (Å²) >= 11 is 1.49. The predicted molar refractivity (Wildman–Crippen MR) is 105 cm³/mol. The van der Waals surface area contributed by atoms with Gasteiger partial charge in [-0.05, 0) is 55.7 Å². The lowest BCUT2D eigenvalue weighted by Crippen LogP contribution is -2.48. The van der Waals surface area contributed by atoms with E-state index in [2.05, 4.69) is 10.3 Å². The molecule has 1 aromatic heterocycles. The Balaban J connectivity index is 1.66. The van der Waals surface area contributed by atoms with E-state index < -0.39 is 17.7 Å². The number of halogens is 2. The van der Waals surface area contributed by atoms with E-state index in [1.54, 1.807) is 12.3 Å². The maximum atomic E-state index is 14.3. The number of anilines is 2. The number of nitrogens with zero attached hydrogens (tertiary/aromatic N) is 2. The number of aromatic nitrogens is 1. The largest absolute Gasteiger partial charge is 0.491 e. The summed E-state index contributed by atoms with van der Waals surface area (Å²) in [6.45, 7) is 0. The second-order valence-corrected chi connectivity index (χ2v) is 7.90. The molecule has 28 heavy (non-hydrogen) atoms. The number of methoxy groups -OCH3 is 1. The third-order valence-corrected chi connectivity index (χ3v) is 6.22. The minimum atomic E-state index is -1.03. The van der Waals surface area contributed by atoms with E-state index in [0.29, 0.717) is 11.4 Å². The lowest BCUT2D eigenvalue weighted by atomic mass is 9.97. The normalized spacial score (nSPS) is 23.1. The molecule has 2 heterocycles. The van der Waals surface area contributed by atoms with Crippen molar-refractivity contribution in [1.29, 1.82) is 0 Å². The van der Waals surface area contributed by atoms with Gasteiger partial charge in [-0.15, -0.1) is 11.8 Å². The molecular formula is C20H21F2N3O2S. The fraction of sp³-hybridized carbons (Fsp3) is 0.400. The molecule has 0 radical (unpaired) electrons. The minimum absolute atomic E-state index is 0.110. The number of piperidine rings is 1. The predicted octanol–water partition coefficient (Wildman–Crippen LogP) is 4.09. The van der Waals surface area contributed by atoms with Crippen LogP contribution >= 0.6 is 11.8 Å². The fourth-order valence-corrected chi connectivity index (χ4v) is 4.82. The highest BCUT2D eigenvalue weighted by Gasteiger charge is 2.50. The van der Waals surface area contributed by atoms with Gasteiger partial charge in [0.1, 0.15) is 6.04 Å². The molecule has 8 heteroatoms. The van der Waals surface area contributed by atoms with Crippen LogP contribution in [0.4, 0.5) is 20.2 Å². The zero-order valence-electron chi connectivity index (χ0n) is 15.6. The van der Waals surface area contributed by atoms with Crippen LogP contribution in [0, 0.1) is 17.6 Å². The number of hydrogen-bond donors (Lipinski definition) is 1. The number of ether oxygens (including phenoxy) is 1. The Morgan fingerprint density at radius 2 is 2.14 bits per heavy atom. The number of amides is 1. The quantitative estimate of drug-likeness (QED) is 0.760. The zero-order valence-corrected chi connectivity index (χ0v) is 16.4. The first-order valence-corrected chi connectivity index (χ1v) is 10.4. The molecule has 1 aliphatic carbocycles. The maximum Gasteiger partial charge on any atom is 0.247 e. The average molecular weight is 405 g/mol. The smallest absolute Gasteiger partial charge is 0.247 e.